The number of aryl methyl sites for hydroxylation is 1. The predicted octanol–water partition coefficient (Wildman–Crippen LogP) is -1.25. The third-order valence-electron chi connectivity index (χ3n) is 2.65. The second kappa shape index (κ2) is 5.06. The number of primary sulfonamides is 1. The number of rotatable bonds is 4. The minimum atomic E-state index is -3.65. The summed E-state index contributed by atoms with van der Waals surface area (Å²) in [4.78, 5) is 23.2. The molecule has 2 aliphatic heterocycles. The summed E-state index contributed by atoms with van der Waals surface area (Å²) in [6.45, 7) is 0.00336. The van der Waals surface area contributed by atoms with Crippen molar-refractivity contribution >= 4 is 16.0 Å². The average molecular weight is 300 g/mol. The van der Waals surface area contributed by atoms with E-state index in [4.69, 9.17) is 5.14 Å². The van der Waals surface area contributed by atoms with E-state index in [-0.39, 0.29) is 29.1 Å². The van der Waals surface area contributed by atoms with Gasteiger partial charge in [0.15, 0.2) is 0 Å². The van der Waals surface area contributed by atoms with Crippen molar-refractivity contribution in [1.82, 2.24) is 14.8 Å². The minimum absolute atomic E-state index is 0.00336. The highest BCUT2D eigenvalue weighted by Crippen LogP contribution is 2.20. The molecular weight excluding hydrogens is 288 g/mol. The molecule has 0 amide bonds. The number of ether oxygens (including phenoxy) is 1. The average Bonchev–Trinajstić information content (AvgIpc) is 2.76. The highest BCUT2D eigenvalue weighted by atomic mass is 32.2. The van der Waals surface area contributed by atoms with Gasteiger partial charge in [-0.2, -0.15) is 5.10 Å². The quantitative estimate of drug-likeness (QED) is 0.677. The Balaban J connectivity index is 2.50. The molecule has 0 bridgehead atoms. The van der Waals surface area contributed by atoms with Crippen LogP contribution in [0.3, 0.4) is 0 Å². The molecule has 0 saturated heterocycles. The number of methoxy groups -OCH3 is 1. The van der Waals surface area contributed by atoms with Crippen molar-refractivity contribution < 1.29 is 17.9 Å². The first-order valence-corrected chi connectivity index (χ1v) is 7.20. The van der Waals surface area contributed by atoms with Crippen LogP contribution in [-0.4, -0.2) is 42.0 Å². The first-order chi connectivity index (χ1) is 9.31. The standard InChI is InChI=1S/C10H12N4O5S/c1-19-10(16)7-5-14(2-3-20(11,17)18)4-6-8(7)12-13-9(6)15/h4-5H,2-3H2,1H3,(H,13,15)(H2,11,17,18). The lowest BCUT2D eigenvalue weighted by molar-refractivity contribution is 0.0600. The van der Waals surface area contributed by atoms with Crippen molar-refractivity contribution in [3.8, 4) is 11.3 Å². The highest BCUT2D eigenvalue weighted by molar-refractivity contribution is 7.89. The van der Waals surface area contributed by atoms with Crippen LogP contribution in [0.4, 0.5) is 0 Å². The summed E-state index contributed by atoms with van der Waals surface area (Å²) in [7, 11) is -2.45. The second-order valence-corrected chi connectivity index (χ2v) is 5.82. The van der Waals surface area contributed by atoms with Crippen LogP contribution >= 0.6 is 0 Å². The number of nitrogens with zero attached hydrogens (tertiary/aromatic N) is 2. The van der Waals surface area contributed by atoms with Gasteiger partial charge in [0.25, 0.3) is 5.56 Å². The molecule has 2 heterocycles. The molecule has 9 nitrogen and oxygen atoms in total. The van der Waals surface area contributed by atoms with Gasteiger partial charge < -0.3 is 9.30 Å². The number of hydrogen-bond donors (Lipinski definition) is 2. The van der Waals surface area contributed by atoms with Crippen molar-refractivity contribution in [2.45, 2.75) is 6.54 Å². The number of aromatic amines is 1. The van der Waals surface area contributed by atoms with Crippen LogP contribution in [0.2, 0.25) is 0 Å². The van der Waals surface area contributed by atoms with E-state index in [0.29, 0.717) is 0 Å². The Hall–Kier alpha value is -2.20. The predicted molar refractivity (Wildman–Crippen MR) is 68.8 cm³/mol. The zero-order chi connectivity index (χ0) is 14.9. The molecule has 3 N–H and O–H groups in total. The van der Waals surface area contributed by atoms with E-state index in [9.17, 15) is 18.0 Å². The van der Waals surface area contributed by atoms with Crippen LogP contribution in [0.5, 0.6) is 0 Å². The summed E-state index contributed by atoms with van der Waals surface area (Å²) in [6, 6.07) is 0. The topological polar surface area (TPSA) is 137 Å². The summed E-state index contributed by atoms with van der Waals surface area (Å²) < 4.78 is 27.9. The molecule has 0 aromatic carbocycles. The van der Waals surface area contributed by atoms with Gasteiger partial charge in [-0.3, -0.25) is 4.79 Å². The van der Waals surface area contributed by atoms with Crippen LogP contribution < -0.4 is 10.7 Å². The third kappa shape index (κ3) is 2.86. The van der Waals surface area contributed by atoms with Gasteiger partial charge in [0.05, 0.1) is 18.4 Å². The smallest absolute Gasteiger partial charge is 0.341 e. The number of carbonyl (C=O) groups is 1. The van der Waals surface area contributed by atoms with Crippen LogP contribution in [0.15, 0.2) is 17.2 Å². The fraction of sp³-hybridized carbons (Fsp3) is 0.300. The Kier molecular flexibility index (Phi) is 3.59. The third-order valence-corrected chi connectivity index (χ3v) is 3.40. The Morgan fingerprint density at radius 3 is 2.80 bits per heavy atom. The first kappa shape index (κ1) is 14.2. The maximum atomic E-state index is 11.7. The fourth-order valence-corrected chi connectivity index (χ4v) is 2.18. The monoisotopic (exact) mass is 300 g/mol. The van der Waals surface area contributed by atoms with Gasteiger partial charge in [-0.1, -0.05) is 0 Å². The molecule has 0 saturated carbocycles. The molecule has 0 atom stereocenters. The summed E-state index contributed by atoms with van der Waals surface area (Å²) >= 11 is 0. The Bertz CT molecular complexity index is 775. The van der Waals surface area contributed by atoms with Crippen molar-refractivity contribution in [2.24, 2.45) is 5.14 Å². The van der Waals surface area contributed by atoms with Crippen LogP contribution in [0.25, 0.3) is 11.3 Å². The zero-order valence-electron chi connectivity index (χ0n) is 10.5. The number of carbonyl (C=O) groups excluding carboxylic acids is 1. The summed E-state index contributed by atoms with van der Waals surface area (Å²) in [5, 5.41) is 10.9. The van der Waals surface area contributed by atoms with E-state index in [0.717, 1.165) is 0 Å². The van der Waals surface area contributed by atoms with Crippen LogP contribution in [-0.2, 0) is 21.3 Å². The molecule has 2 aliphatic rings. The van der Waals surface area contributed by atoms with Gasteiger partial charge in [0.2, 0.25) is 10.0 Å². The van der Waals surface area contributed by atoms with Crippen LogP contribution in [0.1, 0.15) is 10.4 Å². The molecule has 0 aromatic heterocycles. The largest absolute Gasteiger partial charge is 0.465 e. The number of nitrogens with two attached hydrogens (primary N) is 1. The molecule has 10 heteroatoms. The summed E-state index contributed by atoms with van der Waals surface area (Å²) in [5.74, 6) is -0.998. The molecule has 0 aromatic rings. The molecule has 0 radical (unpaired) electrons. The van der Waals surface area contributed by atoms with Gasteiger partial charge in [-0.15, -0.1) is 0 Å². The number of fused-ring (bicyclic) bond motifs is 1. The van der Waals surface area contributed by atoms with E-state index in [1.807, 2.05) is 0 Å². The zero-order valence-corrected chi connectivity index (χ0v) is 11.3. The van der Waals surface area contributed by atoms with Crippen molar-refractivity contribution in [1.29, 1.82) is 0 Å². The number of esters is 1. The molecule has 2 rings (SSSR count). The number of H-pyrrole nitrogens is 1. The van der Waals surface area contributed by atoms with E-state index in [2.05, 4.69) is 14.9 Å². The molecule has 0 spiro atoms. The summed E-state index contributed by atoms with van der Waals surface area (Å²) in [6.07, 6.45) is 2.76. The molecular formula is C10H12N4O5S. The fourth-order valence-electron chi connectivity index (χ4n) is 1.71. The molecule has 0 aliphatic carbocycles. The Morgan fingerprint density at radius 2 is 2.20 bits per heavy atom. The number of nitrogens with one attached hydrogen (secondary N) is 1. The van der Waals surface area contributed by atoms with Gasteiger partial charge in [0, 0.05) is 18.9 Å². The molecule has 108 valence electrons. The number of sulfonamides is 1. The lowest BCUT2D eigenvalue weighted by atomic mass is 10.1. The van der Waals surface area contributed by atoms with E-state index in [1.54, 1.807) is 0 Å². The molecule has 0 unspecified atom stereocenters. The van der Waals surface area contributed by atoms with Crippen molar-refractivity contribution in [2.75, 3.05) is 12.9 Å². The number of hydrogen-bond acceptors (Lipinski definition) is 6. The summed E-state index contributed by atoms with van der Waals surface area (Å²) in [5.41, 5.74) is -0.0658. The maximum absolute atomic E-state index is 11.7. The molecule has 20 heavy (non-hydrogen) atoms. The normalized spacial score (nSPS) is 11.7. The lowest BCUT2D eigenvalue weighted by Crippen LogP contribution is -2.21. The van der Waals surface area contributed by atoms with Crippen molar-refractivity contribution in [3.05, 3.63) is 28.3 Å². The Morgan fingerprint density at radius 1 is 1.50 bits per heavy atom. The van der Waals surface area contributed by atoms with E-state index >= 15 is 0 Å². The number of pyridine rings is 1. The lowest BCUT2D eigenvalue weighted by Gasteiger charge is -2.10. The second-order valence-electron chi connectivity index (χ2n) is 4.08. The Labute approximate surface area is 113 Å². The van der Waals surface area contributed by atoms with Gasteiger partial charge >= 0.3 is 5.97 Å². The molecule has 0 fully saturated rings. The van der Waals surface area contributed by atoms with E-state index in [1.165, 1.54) is 24.1 Å². The van der Waals surface area contributed by atoms with Crippen molar-refractivity contribution in [3.63, 3.8) is 0 Å². The maximum Gasteiger partial charge on any atom is 0.341 e. The minimum Gasteiger partial charge on any atom is -0.465 e. The highest BCUT2D eigenvalue weighted by Gasteiger charge is 2.21. The SMILES string of the molecule is COC(=O)c1cn(CCS(N)(=O)=O)cc2c(=O)[nH]nc1-2. The van der Waals surface area contributed by atoms with Gasteiger partial charge in [-0.05, 0) is 0 Å². The number of aromatic nitrogens is 3. The van der Waals surface area contributed by atoms with E-state index < -0.39 is 21.6 Å². The van der Waals surface area contributed by atoms with Crippen LogP contribution in [0, 0.1) is 0 Å². The van der Waals surface area contributed by atoms with Gasteiger partial charge in [-0.25, -0.2) is 23.4 Å². The first-order valence-electron chi connectivity index (χ1n) is 5.49. The van der Waals surface area contributed by atoms with Gasteiger partial charge in [0.1, 0.15) is 11.3 Å².